The fraction of sp³-hybridized carbons (Fsp3) is 0.333. The van der Waals surface area contributed by atoms with Crippen LogP contribution in [0.25, 0.3) is 11.4 Å². The lowest BCUT2D eigenvalue weighted by Crippen LogP contribution is -2.35. The zero-order valence-electron chi connectivity index (χ0n) is 16.9. The SMILES string of the molecule is CCCCc1ccc(CN2CCc3nc(-c4ccc(N)cc4)[nH]c(=O)c3C2)cc1. The van der Waals surface area contributed by atoms with E-state index in [1.54, 1.807) is 0 Å². The van der Waals surface area contributed by atoms with Crippen LogP contribution in [0.4, 0.5) is 5.69 Å². The molecule has 3 N–H and O–H groups in total. The quantitative estimate of drug-likeness (QED) is 0.628. The van der Waals surface area contributed by atoms with Crippen molar-refractivity contribution in [3.05, 3.63) is 81.3 Å². The molecule has 0 unspecified atom stereocenters. The lowest BCUT2D eigenvalue weighted by Gasteiger charge is -2.27. The van der Waals surface area contributed by atoms with Gasteiger partial charge in [0.1, 0.15) is 5.82 Å². The summed E-state index contributed by atoms with van der Waals surface area (Å²) in [4.78, 5) is 22.7. The highest BCUT2D eigenvalue weighted by Crippen LogP contribution is 2.21. The Labute approximate surface area is 171 Å². The number of aryl methyl sites for hydroxylation is 1. The molecule has 2 aromatic carbocycles. The standard InChI is InChI=1S/C24H28N4O/c1-2-3-4-17-5-7-18(8-6-17)15-28-14-13-22-21(16-28)24(29)27-23(26-22)19-9-11-20(25)12-10-19/h5-12H,2-4,13-16,25H2,1H3,(H,26,27,29). The fourth-order valence-corrected chi connectivity index (χ4v) is 3.84. The van der Waals surface area contributed by atoms with Gasteiger partial charge in [-0.3, -0.25) is 9.69 Å². The smallest absolute Gasteiger partial charge is 0.255 e. The molecule has 0 atom stereocenters. The highest BCUT2D eigenvalue weighted by Gasteiger charge is 2.21. The van der Waals surface area contributed by atoms with Crippen molar-refractivity contribution in [2.45, 2.75) is 45.7 Å². The van der Waals surface area contributed by atoms with E-state index in [-0.39, 0.29) is 5.56 Å². The number of nitrogens with two attached hydrogens (primary N) is 1. The summed E-state index contributed by atoms with van der Waals surface area (Å²) in [6.45, 7) is 4.62. The van der Waals surface area contributed by atoms with Gasteiger partial charge in [0.15, 0.2) is 0 Å². The zero-order valence-corrected chi connectivity index (χ0v) is 16.9. The van der Waals surface area contributed by atoms with Gasteiger partial charge in [0, 0.05) is 37.3 Å². The van der Waals surface area contributed by atoms with Gasteiger partial charge in [-0.05, 0) is 48.2 Å². The Kier molecular flexibility index (Phi) is 5.76. The number of hydrogen-bond donors (Lipinski definition) is 2. The number of aromatic amines is 1. The Balaban J connectivity index is 1.47. The molecule has 2 heterocycles. The van der Waals surface area contributed by atoms with E-state index in [0.717, 1.165) is 42.8 Å². The van der Waals surface area contributed by atoms with Gasteiger partial charge in [0.2, 0.25) is 0 Å². The molecule has 5 heteroatoms. The average Bonchev–Trinajstić information content (AvgIpc) is 2.74. The number of unbranched alkanes of at least 4 members (excludes halogenated alkanes) is 1. The maximum atomic E-state index is 12.7. The lowest BCUT2D eigenvalue weighted by molar-refractivity contribution is 0.242. The molecule has 4 rings (SSSR count). The van der Waals surface area contributed by atoms with Gasteiger partial charge in [-0.2, -0.15) is 0 Å². The van der Waals surface area contributed by atoms with Crippen LogP contribution >= 0.6 is 0 Å². The normalized spacial score (nSPS) is 14.0. The summed E-state index contributed by atoms with van der Waals surface area (Å²) in [6.07, 6.45) is 4.38. The molecular weight excluding hydrogens is 360 g/mol. The predicted molar refractivity (Wildman–Crippen MR) is 118 cm³/mol. The molecule has 3 aromatic rings. The van der Waals surface area contributed by atoms with Gasteiger partial charge >= 0.3 is 0 Å². The van der Waals surface area contributed by atoms with E-state index in [9.17, 15) is 4.79 Å². The Morgan fingerprint density at radius 3 is 2.52 bits per heavy atom. The number of rotatable bonds is 6. The molecule has 0 spiro atoms. The van der Waals surface area contributed by atoms with Gasteiger partial charge in [0.25, 0.3) is 5.56 Å². The van der Waals surface area contributed by atoms with Crippen LogP contribution in [0.1, 0.15) is 42.1 Å². The second-order valence-corrected chi connectivity index (χ2v) is 7.84. The lowest BCUT2D eigenvalue weighted by atomic mass is 10.0. The van der Waals surface area contributed by atoms with Crippen LogP contribution in [0.2, 0.25) is 0 Å². The third kappa shape index (κ3) is 4.57. The summed E-state index contributed by atoms with van der Waals surface area (Å²) in [7, 11) is 0. The van der Waals surface area contributed by atoms with E-state index < -0.39 is 0 Å². The van der Waals surface area contributed by atoms with Crippen LogP contribution in [-0.4, -0.2) is 21.4 Å². The van der Waals surface area contributed by atoms with Gasteiger partial charge in [0.05, 0.1) is 11.3 Å². The van der Waals surface area contributed by atoms with Crippen LogP contribution < -0.4 is 11.3 Å². The van der Waals surface area contributed by atoms with Crippen molar-refractivity contribution in [3.8, 4) is 11.4 Å². The summed E-state index contributed by atoms with van der Waals surface area (Å²) in [5.74, 6) is 0.616. The third-order valence-electron chi connectivity index (χ3n) is 5.58. The summed E-state index contributed by atoms with van der Waals surface area (Å²) < 4.78 is 0. The van der Waals surface area contributed by atoms with E-state index in [4.69, 9.17) is 10.7 Å². The van der Waals surface area contributed by atoms with E-state index in [0.29, 0.717) is 18.1 Å². The first-order chi connectivity index (χ1) is 14.1. The first-order valence-corrected chi connectivity index (χ1v) is 10.4. The molecule has 0 fully saturated rings. The number of nitrogens with one attached hydrogen (secondary N) is 1. The van der Waals surface area contributed by atoms with Crippen LogP contribution in [0.3, 0.4) is 0 Å². The monoisotopic (exact) mass is 388 g/mol. The largest absolute Gasteiger partial charge is 0.399 e. The molecule has 0 amide bonds. The molecule has 29 heavy (non-hydrogen) atoms. The Hall–Kier alpha value is -2.92. The molecule has 150 valence electrons. The van der Waals surface area contributed by atoms with Crippen LogP contribution in [-0.2, 0) is 25.9 Å². The summed E-state index contributed by atoms with van der Waals surface area (Å²) >= 11 is 0. The van der Waals surface area contributed by atoms with E-state index in [1.807, 2.05) is 24.3 Å². The number of fused-ring (bicyclic) bond motifs is 1. The molecule has 1 aliphatic heterocycles. The van der Waals surface area contributed by atoms with Crippen molar-refractivity contribution in [1.82, 2.24) is 14.9 Å². The Morgan fingerprint density at radius 2 is 1.79 bits per heavy atom. The molecular formula is C24H28N4O. The molecule has 5 nitrogen and oxygen atoms in total. The number of anilines is 1. The van der Waals surface area contributed by atoms with Gasteiger partial charge < -0.3 is 10.7 Å². The molecule has 0 aliphatic carbocycles. The van der Waals surface area contributed by atoms with Crippen molar-refractivity contribution in [1.29, 1.82) is 0 Å². The first-order valence-electron chi connectivity index (χ1n) is 10.4. The van der Waals surface area contributed by atoms with Crippen LogP contribution in [0.15, 0.2) is 53.3 Å². The predicted octanol–water partition coefficient (Wildman–Crippen LogP) is 3.92. The number of nitrogen functional groups attached to an aromatic ring is 1. The van der Waals surface area contributed by atoms with Crippen LogP contribution in [0.5, 0.6) is 0 Å². The highest BCUT2D eigenvalue weighted by atomic mass is 16.1. The van der Waals surface area contributed by atoms with Crippen molar-refractivity contribution < 1.29 is 0 Å². The number of nitrogens with zero attached hydrogens (tertiary/aromatic N) is 2. The van der Waals surface area contributed by atoms with Gasteiger partial charge in [-0.25, -0.2) is 4.98 Å². The molecule has 1 aromatic heterocycles. The number of hydrogen-bond acceptors (Lipinski definition) is 4. The average molecular weight is 389 g/mol. The van der Waals surface area contributed by atoms with Crippen molar-refractivity contribution in [2.24, 2.45) is 0 Å². The van der Waals surface area contributed by atoms with Gasteiger partial charge in [-0.15, -0.1) is 0 Å². The third-order valence-corrected chi connectivity index (χ3v) is 5.58. The summed E-state index contributed by atoms with van der Waals surface area (Å²) in [6, 6.07) is 16.3. The fourth-order valence-electron chi connectivity index (χ4n) is 3.84. The second kappa shape index (κ2) is 8.62. The minimum absolute atomic E-state index is 0.0403. The number of aromatic nitrogens is 2. The van der Waals surface area contributed by atoms with E-state index >= 15 is 0 Å². The summed E-state index contributed by atoms with van der Waals surface area (Å²) in [5, 5.41) is 0. The van der Waals surface area contributed by atoms with Crippen molar-refractivity contribution in [2.75, 3.05) is 12.3 Å². The number of benzene rings is 2. The molecule has 0 radical (unpaired) electrons. The highest BCUT2D eigenvalue weighted by molar-refractivity contribution is 5.58. The first kappa shape index (κ1) is 19.4. The van der Waals surface area contributed by atoms with E-state index in [2.05, 4.69) is 41.1 Å². The van der Waals surface area contributed by atoms with Crippen molar-refractivity contribution in [3.63, 3.8) is 0 Å². The Morgan fingerprint density at radius 1 is 1.07 bits per heavy atom. The van der Waals surface area contributed by atoms with Gasteiger partial charge in [-0.1, -0.05) is 37.6 Å². The topological polar surface area (TPSA) is 75.0 Å². The Bertz CT molecular complexity index is 1020. The minimum atomic E-state index is -0.0403. The zero-order chi connectivity index (χ0) is 20.2. The molecule has 0 saturated heterocycles. The van der Waals surface area contributed by atoms with Crippen LogP contribution in [0, 0.1) is 0 Å². The molecule has 1 aliphatic rings. The molecule has 0 saturated carbocycles. The second-order valence-electron chi connectivity index (χ2n) is 7.84. The number of H-pyrrole nitrogens is 1. The minimum Gasteiger partial charge on any atom is -0.399 e. The maximum Gasteiger partial charge on any atom is 0.255 e. The maximum absolute atomic E-state index is 12.7. The van der Waals surface area contributed by atoms with Crippen molar-refractivity contribution >= 4 is 5.69 Å². The van der Waals surface area contributed by atoms with E-state index in [1.165, 1.54) is 24.0 Å². The summed E-state index contributed by atoms with van der Waals surface area (Å²) in [5.41, 5.74) is 11.7. The molecule has 0 bridgehead atoms.